The molecule has 0 fully saturated rings. The number of carbonyl (C=O) groups excluding carboxylic acids is 1. The molecule has 1 amide bonds. The number of rotatable bonds is 9. The number of carbonyl (C=O) groups is 1. The Kier molecular flexibility index (Phi) is 11.7. The predicted molar refractivity (Wildman–Crippen MR) is 122 cm³/mol. The van der Waals surface area contributed by atoms with Crippen molar-refractivity contribution >= 4 is 47.6 Å². The number of thioether (sulfide) groups is 1. The summed E-state index contributed by atoms with van der Waals surface area (Å²) < 4.78 is 18.6. The third-order valence-corrected chi connectivity index (χ3v) is 4.28. The summed E-state index contributed by atoms with van der Waals surface area (Å²) in [5.41, 5.74) is 1.89. The van der Waals surface area contributed by atoms with Gasteiger partial charge < -0.3 is 20.4 Å². The van der Waals surface area contributed by atoms with E-state index < -0.39 is 0 Å². The normalized spacial score (nSPS) is 10.9. The lowest BCUT2D eigenvalue weighted by molar-refractivity contribution is -0.120. The zero-order valence-corrected chi connectivity index (χ0v) is 19.1. The highest BCUT2D eigenvalue weighted by atomic mass is 127. The van der Waals surface area contributed by atoms with E-state index in [0.29, 0.717) is 31.4 Å². The summed E-state index contributed by atoms with van der Waals surface area (Å²) in [6.45, 7) is 3.45. The Balaban J connectivity index is 0.00000392. The van der Waals surface area contributed by atoms with E-state index in [9.17, 15) is 9.18 Å². The van der Waals surface area contributed by atoms with Gasteiger partial charge in [-0.05, 0) is 48.6 Å². The first kappa shape index (κ1) is 24.3. The van der Waals surface area contributed by atoms with Gasteiger partial charge in [-0.15, -0.1) is 24.0 Å². The van der Waals surface area contributed by atoms with E-state index in [1.807, 2.05) is 13.2 Å². The van der Waals surface area contributed by atoms with Crippen molar-refractivity contribution < 1.29 is 13.6 Å². The first-order valence-corrected chi connectivity index (χ1v) is 10.1. The van der Waals surface area contributed by atoms with Crippen LogP contribution in [0.4, 0.5) is 4.39 Å². The van der Waals surface area contributed by atoms with Gasteiger partial charge in [0.15, 0.2) is 5.96 Å². The zero-order chi connectivity index (χ0) is 19.5. The molecule has 9 heteroatoms. The number of furan rings is 1. The quantitative estimate of drug-likeness (QED) is 0.269. The topological polar surface area (TPSA) is 78.7 Å². The third kappa shape index (κ3) is 8.51. The average molecular weight is 520 g/mol. The lowest BCUT2D eigenvalue weighted by Crippen LogP contribution is -2.43. The van der Waals surface area contributed by atoms with E-state index in [1.165, 1.54) is 6.07 Å². The second-order valence-electron chi connectivity index (χ2n) is 5.75. The first-order chi connectivity index (χ1) is 13.1. The monoisotopic (exact) mass is 520 g/mol. The van der Waals surface area contributed by atoms with E-state index in [-0.39, 0.29) is 42.2 Å². The molecule has 154 valence electrons. The summed E-state index contributed by atoms with van der Waals surface area (Å²) in [7, 11) is 0. The molecule has 0 unspecified atom stereocenters. The van der Waals surface area contributed by atoms with E-state index in [4.69, 9.17) is 4.42 Å². The van der Waals surface area contributed by atoms with Crippen LogP contribution in [0.5, 0.6) is 0 Å². The smallest absolute Gasteiger partial charge is 0.239 e. The van der Waals surface area contributed by atoms with Crippen molar-refractivity contribution in [3.63, 3.8) is 0 Å². The molecule has 1 aromatic carbocycles. The standard InChI is InChI=1S/C19H25FN4O2S.HI/c1-3-21-19(24-12-18(25)22-11-17-5-4-8-26-17)23-10-14-6-7-16(20)9-15(14)13-27-2;/h4-9H,3,10-13H2,1-2H3,(H,22,25)(H2,21,23,24);1H. The van der Waals surface area contributed by atoms with Crippen molar-refractivity contribution in [1.29, 1.82) is 0 Å². The molecule has 0 saturated carbocycles. The van der Waals surface area contributed by atoms with Gasteiger partial charge in [0.25, 0.3) is 0 Å². The number of benzene rings is 1. The molecule has 0 spiro atoms. The first-order valence-electron chi connectivity index (χ1n) is 8.70. The summed E-state index contributed by atoms with van der Waals surface area (Å²) in [5.74, 6) is 1.54. The molecule has 2 rings (SSSR count). The Morgan fingerprint density at radius 2 is 2.04 bits per heavy atom. The highest BCUT2D eigenvalue weighted by molar-refractivity contribution is 14.0. The van der Waals surface area contributed by atoms with Crippen molar-refractivity contribution in [2.75, 3.05) is 19.3 Å². The van der Waals surface area contributed by atoms with Crippen molar-refractivity contribution in [2.45, 2.75) is 25.8 Å². The molecule has 0 bridgehead atoms. The van der Waals surface area contributed by atoms with Crippen LogP contribution in [-0.4, -0.2) is 31.2 Å². The summed E-state index contributed by atoms with van der Waals surface area (Å²) >= 11 is 1.63. The third-order valence-electron chi connectivity index (χ3n) is 3.68. The van der Waals surface area contributed by atoms with Crippen molar-refractivity contribution in [3.05, 3.63) is 59.3 Å². The van der Waals surface area contributed by atoms with Crippen LogP contribution in [0.15, 0.2) is 46.0 Å². The molecule has 0 atom stereocenters. The fourth-order valence-corrected chi connectivity index (χ4v) is 2.95. The summed E-state index contributed by atoms with van der Waals surface area (Å²) in [6, 6.07) is 8.31. The van der Waals surface area contributed by atoms with Crippen molar-refractivity contribution in [3.8, 4) is 0 Å². The van der Waals surface area contributed by atoms with Gasteiger partial charge in [0.2, 0.25) is 5.91 Å². The summed E-state index contributed by atoms with van der Waals surface area (Å²) in [4.78, 5) is 16.5. The maximum absolute atomic E-state index is 13.5. The molecule has 0 aliphatic carbocycles. The van der Waals surface area contributed by atoms with E-state index >= 15 is 0 Å². The molecule has 1 aromatic heterocycles. The molecular formula is C19H26FIN4O2S. The largest absolute Gasteiger partial charge is 0.467 e. The van der Waals surface area contributed by atoms with Crippen molar-refractivity contribution in [2.24, 2.45) is 4.99 Å². The Morgan fingerprint density at radius 3 is 2.71 bits per heavy atom. The Hall–Kier alpha value is -1.75. The van der Waals surface area contributed by atoms with Gasteiger partial charge in [-0.25, -0.2) is 9.38 Å². The SMILES string of the molecule is CCNC(=NCc1ccc(F)cc1CSC)NCC(=O)NCc1ccco1.I. The van der Waals surface area contributed by atoms with Gasteiger partial charge in [0.05, 0.1) is 25.9 Å². The maximum atomic E-state index is 13.5. The summed E-state index contributed by atoms with van der Waals surface area (Å²) in [6.07, 6.45) is 3.54. The minimum absolute atomic E-state index is 0. The molecule has 0 radical (unpaired) electrons. The molecule has 0 aliphatic rings. The Labute approximate surface area is 186 Å². The minimum Gasteiger partial charge on any atom is -0.467 e. The van der Waals surface area contributed by atoms with Crippen molar-refractivity contribution in [1.82, 2.24) is 16.0 Å². The van der Waals surface area contributed by atoms with Crippen LogP contribution in [0.25, 0.3) is 0 Å². The van der Waals surface area contributed by atoms with Crippen LogP contribution in [0.2, 0.25) is 0 Å². The zero-order valence-electron chi connectivity index (χ0n) is 16.0. The van der Waals surface area contributed by atoms with Gasteiger partial charge in [0, 0.05) is 12.3 Å². The molecule has 6 nitrogen and oxygen atoms in total. The van der Waals surface area contributed by atoms with Gasteiger partial charge in [-0.3, -0.25) is 4.79 Å². The number of aliphatic imine (C=N–C) groups is 1. The molecule has 2 aromatic rings. The number of nitrogens with one attached hydrogen (secondary N) is 3. The van der Waals surface area contributed by atoms with Crippen LogP contribution in [0.3, 0.4) is 0 Å². The molecule has 0 saturated heterocycles. The van der Waals surface area contributed by atoms with E-state index in [2.05, 4.69) is 20.9 Å². The number of halogens is 2. The fraction of sp³-hybridized carbons (Fsp3) is 0.368. The Morgan fingerprint density at radius 1 is 1.21 bits per heavy atom. The maximum Gasteiger partial charge on any atom is 0.239 e. The van der Waals surface area contributed by atoms with Crippen LogP contribution in [0.1, 0.15) is 23.8 Å². The van der Waals surface area contributed by atoms with E-state index in [0.717, 1.165) is 16.9 Å². The number of hydrogen-bond donors (Lipinski definition) is 3. The predicted octanol–water partition coefficient (Wildman–Crippen LogP) is 3.27. The number of nitrogens with zero attached hydrogens (tertiary/aromatic N) is 1. The van der Waals surface area contributed by atoms with Crippen LogP contribution in [-0.2, 0) is 23.6 Å². The molecule has 1 heterocycles. The number of hydrogen-bond acceptors (Lipinski definition) is 4. The molecule has 28 heavy (non-hydrogen) atoms. The highest BCUT2D eigenvalue weighted by Crippen LogP contribution is 2.17. The highest BCUT2D eigenvalue weighted by Gasteiger charge is 2.07. The van der Waals surface area contributed by atoms with Crippen LogP contribution < -0.4 is 16.0 Å². The second-order valence-corrected chi connectivity index (χ2v) is 6.62. The number of guanidine groups is 1. The van der Waals surface area contributed by atoms with Gasteiger partial charge in [0.1, 0.15) is 11.6 Å². The van der Waals surface area contributed by atoms with Crippen LogP contribution in [0, 0.1) is 5.82 Å². The lowest BCUT2D eigenvalue weighted by Gasteiger charge is -2.12. The minimum atomic E-state index is -0.245. The molecule has 3 N–H and O–H groups in total. The molecule has 0 aliphatic heterocycles. The van der Waals surface area contributed by atoms with Gasteiger partial charge >= 0.3 is 0 Å². The van der Waals surface area contributed by atoms with E-state index in [1.54, 1.807) is 42.3 Å². The Bertz CT molecular complexity index is 756. The molecular weight excluding hydrogens is 494 g/mol. The van der Waals surface area contributed by atoms with Gasteiger partial charge in [-0.1, -0.05) is 6.07 Å². The second kappa shape index (κ2) is 13.4. The number of amides is 1. The lowest BCUT2D eigenvalue weighted by atomic mass is 10.1. The summed E-state index contributed by atoms with van der Waals surface area (Å²) in [5, 5.41) is 8.87. The fourth-order valence-electron chi connectivity index (χ4n) is 2.37. The van der Waals surface area contributed by atoms with Gasteiger partial charge in [-0.2, -0.15) is 11.8 Å². The van der Waals surface area contributed by atoms with Crippen LogP contribution >= 0.6 is 35.7 Å². The average Bonchev–Trinajstić information content (AvgIpc) is 3.17.